The number of carbonyl (C=O) groups excluding carboxylic acids is 3. The second-order valence-electron chi connectivity index (χ2n) is 5.69. The summed E-state index contributed by atoms with van der Waals surface area (Å²) in [5.74, 6) is -2.84. The number of amides is 4. The number of rotatable bonds is 3. The number of hydrogen-bond acceptors (Lipinski definition) is 4. The van der Waals surface area contributed by atoms with Crippen LogP contribution in [0.15, 0.2) is 18.2 Å². The van der Waals surface area contributed by atoms with Gasteiger partial charge < -0.3 is 15.4 Å². The largest absolute Gasteiger partial charge is 0.381 e. The molecule has 1 aromatic carbocycles. The molecule has 2 heterocycles. The highest BCUT2D eigenvalue weighted by atomic mass is 19.1. The van der Waals surface area contributed by atoms with Crippen molar-refractivity contribution >= 4 is 23.5 Å². The Morgan fingerprint density at radius 2 is 2.00 bits per heavy atom. The van der Waals surface area contributed by atoms with Crippen LogP contribution in [0.1, 0.15) is 12.8 Å². The third kappa shape index (κ3) is 2.94. The van der Waals surface area contributed by atoms with Gasteiger partial charge in [0, 0.05) is 32.1 Å². The van der Waals surface area contributed by atoms with E-state index in [1.54, 1.807) is 0 Å². The molecule has 0 aliphatic carbocycles. The highest BCUT2D eigenvalue weighted by Gasteiger charge is 2.52. The molecule has 0 atom stereocenters. The number of hydrogen-bond donors (Lipinski definition) is 2. The van der Waals surface area contributed by atoms with E-state index in [0.29, 0.717) is 26.1 Å². The maximum atomic E-state index is 13.5. The van der Waals surface area contributed by atoms with Crippen LogP contribution < -0.4 is 10.6 Å². The van der Waals surface area contributed by atoms with Crippen molar-refractivity contribution in [1.29, 1.82) is 0 Å². The van der Waals surface area contributed by atoms with Crippen molar-refractivity contribution in [3.05, 3.63) is 29.8 Å². The normalized spacial score (nSPS) is 19.5. The summed E-state index contributed by atoms with van der Waals surface area (Å²) in [4.78, 5) is 37.3. The molecule has 2 aliphatic heterocycles. The molecule has 0 radical (unpaired) electrons. The summed E-state index contributed by atoms with van der Waals surface area (Å²) in [6.45, 7) is 0.0876. The van der Waals surface area contributed by atoms with Crippen molar-refractivity contribution in [1.82, 2.24) is 10.2 Å². The number of ether oxygens (including phenoxy) is 1. The number of nitrogens with one attached hydrogen (secondary N) is 2. The van der Waals surface area contributed by atoms with E-state index in [-0.39, 0.29) is 5.69 Å². The molecule has 4 amide bonds. The lowest BCUT2D eigenvalue weighted by molar-refractivity contribution is -0.136. The lowest BCUT2D eigenvalue weighted by atomic mass is 9.90. The average molecular weight is 339 g/mol. The second kappa shape index (κ2) is 6.16. The van der Waals surface area contributed by atoms with Crippen molar-refractivity contribution < 1.29 is 27.9 Å². The maximum absolute atomic E-state index is 13.5. The van der Waals surface area contributed by atoms with E-state index >= 15 is 0 Å². The van der Waals surface area contributed by atoms with Crippen LogP contribution in [0.3, 0.4) is 0 Å². The van der Waals surface area contributed by atoms with Crippen LogP contribution in [0.25, 0.3) is 0 Å². The van der Waals surface area contributed by atoms with Crippen molar-refractivity contribution in [2.45, 2.75) is 18.4 Å². The molecular formula is C15H15F2N3O4. The van der Waals surface area contributed by atoms with Crippen LogP contribution in [0.5, 0.6) is 0 Å². The number of carbonyl (C=O) groups is 3. The fourth-order valence-electron chi connectivity index (χ4n) is 2.81. The number of anilines is 1. The third-order valence-corrected chi connectivity index (χ3v) is 4.10. The van der Waals surface area contributed by atoms with Gasteiger partial charge in [-0.25, -0.2) is 13.6 Å². The van der Waals surface area contributed by atoms with Crippen LogP contribution >= 0.6 is 0 Å². The minimum Gasteiger partial charge on any atom is -0.381 e. The van der Waals surface area contributed by atoms with Crippen LogP contribution in [0, 0.1) is 11.6 Å². The van der Waals surface area contributed by atoms with E-state index in [9.17, 15) is 23.2 Å². The lowest BCUT2D eigenvalue weighted by Gasteiger charge is -2.30. The zero-order valence-electron chi connectivity index (χ0n) is 12.6. The van der Waals surface area contributed by atoms with Gasteiger partial charge in [0.2, 0.25) is 5.91 Å². The van der Waals surface area contributed by atoms with E-state index in [1.165, 1.54) is 0 Å². The SMILES string of the molecule is O=C(CN1C(=O)NC2(CCOCC2)C1=O)Nc1cc(F)ccc1F. The van der Waals surface area contributed by atoms with Gasteiger partial charge in [0.25, 0.3) is 5.91 Å². The van der Waals surface area contributed by atoms with E-state index in [0.717, 1.165) is 23.1 Å². The van der Waals surface area contributed by atoms with Crippen molar-refractivity contribution in [3.63, 3.8) is 0 Å². The van der Waals surface area contributed by atoms with Gasteiger partial charge >= 0.3 is 6.03 Å². The topological polar surface area (TPSA) is 87.7 Å². The molecule has 24 heavy (non-hydrogen) atoms. The summed E-state index contributed by atoms with van der Waals surface area (Å²) in [5, 5.41) is 4.76. The minimum absolute atomic E-state index is 0.328. The number of urea groups is 1. The first-order valence-corrected chi connectivity index (χ1v) is 7.38. The second-order valence-corrected chi connectivity index (χ2v) is 5.69. The Kier molecular flexibility index (Phi) is 4.18. The van der Waals surface area contributed by atoms with Gasteiger partial charge in [0.15, 0.2) is 0 Å². The van der Waals surface area contributed by atoms with Crippen molar-refractivity contribution in [2.24, 2.45) is 0 Å². The van der Waals surface area contributed by atoms with Crippen LogP contribution in [-0.2, 0) is 14.3 Å². The van der Waals surface area contributed by atoms with E-state index in [1.807, 2.05) is 0 Å². The van der Waals surface area contributed by atoms with E-state index < -0.39 is 41.6 Å². The monoisotopic (exact) mass is 339 g/mol. The Morgan fingerprint density at radius 1 is 1.29 bits per heavy atom. The fourth-order valence-corrected chi connectivity index (χ4v) is 2.81. The molecule has 0 aromatic heterocycles. The van der Waals surface area contributed by atoms with Crippen LogP contribution in [-0.4, -0.2) is 48.0 Å². The Hall–Kier alpha value is -2.55. The molecule has 0 saturated carbocycles. The number of benzene rings is 1. The third-order valence-electron chi connectivity index (χ3n) is 4.10. The van der Waals surface area contributed by atoms with Gasteiger partial charge in [-0.15, -0.1) is 0 Å². The lowest BCUT2D eigenvalue weighted by Crippen LogP contribution is -2.51. The Morgan fingerprint density at radius 3 is 2.71 bits per heavy atom. The Labute approximate surface area is 135 Å². The molecule has 1 aromatic rings. The summed E-state index contributed by atoms with van der Waals surface area (Å²) in [5.41, 5.74) is -1.40. The molecule has 1 spiro atoms. The number of halogens is 2. The quantitative estimate of drug-likeness (QED) is 0.805. The summed E-state index contributed by atoms with van der Waals surface area (Å²) in [7, 11) is 0. The average Bonchev–Trinajstić information content (AvgIpc) is 2.76. The van der Waals surface area contributed by atoms with Gasteiger partial charge in [-0.05, 0) is 12.1 Å². The fraction of sp³-hybridized carbons (Fsp3) is 0.400. The van der Waals surface area contributed by atoms with Gasteiger partial charge in [0.05, 0.1) is 5.69 Å². The first-order chi connectivity index (χ1) is 11.4. The predicted octanol–water partition coefficient (Wildman–Crippen LogP) is 1.00. The number of imide groups is 1. The molecule has 0 bridgehead atoms. The van der Waals surface area contributed by atoms with Crippen molar-refractivity contribution in [2.75, 3.05) is 25.1 Å². The van der Waals surface area contributed by atoms with Gasteiger partial charge in [-0.3, -0.25) is 14.5 Å². The highest BCUT2D eigenvalue weighted by molar-refractivity contribution is 6.10. The van der Waals surface area contributed by atoms with E-state index in [4.69, 9.17) is 4.74 Å². The molecule has 2 fully saturated rings. The summed E-state index contributed by atoms with van der Waals surface area (Å²) in [6.07, 6.45) is 0.655. The van der Waals surface area contributed by atoms with Gasteiger partial charge in [0.1, 0.15) is 23.7 Å². The molecule has 2 aliphatic rings. The minimum atomic E-state index is -1.04. The van der Waals surface area contributed by atoms with Crippen molar-refractivity contribution in [3.8, 4) is 0 Å². The number of nitrogens with zero attached hydrogens (tertiary/aromatic N) is 1. The first-order valence-electron chi connectivity index (χ1n) is 7.38. The molecule has 7 nitrogen and oxygen atoms in total. The maximum Gasteiger partial charge on any atom is 0.325 e. The molecule has 128 valence electrons. The summed E-state index contributed by atoms with van der Waals surface area (Å²) in [6, 6.07) is 1.92. The van der Waals surface area contributed by atoms with E-state index in [2.05, 4.69) is 10.6 Å². The summed E-state index contributed by atoms with van der Waals surface area (Å²) >= 11 is 0. The molecule has 2 saturated heterocycles. The summed E-state index contributed by atoms with van der Waals surface area (Å²) < 4.78 is 31.8. The zero-order valence-corrected chi connectivity index (χ0v) is 12.6. The van der Waals surface area contributed by atoms with Gasteiger partial charge in [-0.2, -0.15) is 0 Å². The zero-order chi connectivity index (χ0) is 17.3. The molecule has 9 heteroatoms. The molecule has 3 rings (SSSR count). The van der Waals surface area contributed by atoms with Gasteiger partial charge in [-0.1, -0.05) is 0 Å². The molecular weight excluding hydrogens is 324 g/mol. The van der Waals surface area contributed by atoms with Crippen LogP contribution in [0.2, 0.25) is 0 Å². The Bertz CT molecular complexity index is 704. The molecule has 0 unspecified atom stereocenters. The predicted molar refractivity (Wildman–Crippen MR) is 78.0 cm³/mol. The Balaban J connectivity index is 1.69. The van der Waals surface area contributed by atoms with Crippen LogP contribution in [0.4, 0.5) is 19.3 Å². The first kappa shape index (κ1) is 16.3. The smallest absolute Gasteiger partial charge is 0.325 e. The highest BCUT2D eigenvalue weighted by Crippen LogP contribution is 2.28. The molecule has 2 N–H and O–H groups in total. The standard InChI is InChI=1S/C15H15F2N3O4/c16-9-1-2-10(17)11(7-9)18-12(21)8-20-13(22)15(19-14(20)23)3-5-24-6-4-15/h1-2,7H,3-6,8H2,(H,18,21)(H,19,23).